The Morgan fingerprint density at radius 1 is 1.19 bits per heavy atom. The second kappa shape index (κ2) is 6.31. The second-order valence-electron chi connectivity index (χ2n) is 6.45. The number of ether oxygens (including phenoxy) is 2. The number of pyridine rings is 1. The first-order valence-electron chi connectivity index (χ1n) is 7.20. The van der Waals surface area contributed by atoms with Gasteiger partial charge in [-0.1, -0.05) is 20.8 Å². The van der Waals surface area contributed by atoms with Crippen LogP contribution in [0.2, 0.25) is 0 Å². The number of aromatic nitrogens is 1. The summed E-state index contributed by atoms with van der Waals surface area (Å²) in [7, 11) is 1.64. The third-order valence-corrected chi connectivity index (χ3v) is 3.39. The lowest BCUT2D eigenvalue weighted by molar-refractivity contribution is 0.0965. The average molecular weight is 288 g/mol. The van der Waals surface area contributed by atoms with Crippen LogP contribution in [0.1, 0.15) is 32.8 Å². The predicted octanol–water partition coefficient (Wildman–Crippen LogP) is 3.78. The number of hydrogen-bond acceptors (Lipinski definition) is 4. The summed E-state index contributed by atoms with van der Waals surface area (Å²) in [6.07, 6.45) is 1.02. The van der Waals surface area contributed by atoms with Crippen LogP contribution in [-0.4, -0.2) is 18.7 Å². The van der Waals surface area contributed by atoms with E-state index in [2.05, 4.69) is 25.8 Å². The maximum Gasteiger partial charge on any atom is 0.129 e. The lowest BCUT2D eigenvalue weighted by Crippen LogP contribution is -2.10. The Bertz CT molecular complexity index is 618. The summed E-state index contributed by atoms with van der Waals surface area (Å²) >= 11 is 0. The number of anilines is 1. The van der Waals surface area contributed by atoms with Crippen molar-refractivity contribution in [3.05, 3.63) is 29.8 Å². The van der Waals surface area contributed by atoms with E-state index >= 15 is 0 Å². The van der Waals surface area contributed by atoms with Crippen molar-refractivity contribution in [1.82, 2.24) is 4.98 Å². The van der Waals surface area contributed by atoms with Crippen molar-refractivity contribution in [3.8, 4) is 5.75 Å². The molecule has 21 heavy (non-hydrogen) atoms. The molecule has 0 spiro atoms. The van der Waals surface area contributed by atoms with Gasteiger partial charge in [0.2, 0.25) is 0 Å². The van der Waals surface area contributed by atoms with Gasteiger partial charge < -0.3 is 15.2 Å². The number of hydrogen-bond donors (Lipinski definition) is 1. The molecule has 0 radical (unpaired) electrons. The normalized spacial score (nSPS) is 11.8. The topological polar surface area (TPSA) is 57.4 Å². The monoisotopic (exact) mass is 288 g/mol. The van der Waals surface area contributed by atoms with Gasteiger partial charge in [0.15, 0.2) is 0 Å². The SMILES string of the molecule is COc1ccc2cc(COCCC(C)(C)C)c(N)nc2c1. The maximum atomic E-state index is 6.01. The highest BCUT2D eigenvalue weighted by atomic mass is 16.5. The molecular weight excluding hydrogens is 264 g/mol. The number of rotatable bonds is 5. The molecule has 0 atom stereocenters. The van der Waals surface area contributed by atoms with Crippen LogP contribution in [0.15, 0.2) is 24.3 Å². The molecule has 2 aromatic rings. The molecule has 0 fully saturated rings. The highest BCUT2D eigenvalue weighted by molar-refractivity contribution is 5.82. The molecule has 0 aliphatic carbocycles. The lowest BCUT2D eigenvalue weighted by Gasteiger charge is -2.17. The Labute approximate surface area is 126 Å². The van der Waals surface area contributed by atoms with Crippen LogP contribution in [0.25, 0.3) is 10.9 Å². The minimum absolute atomic E-state index is 0.281. The number of nitrogens with zero attached hydrogens (tertiary/aromatic N) is 1. The van der Waals surface area contributed by atoms with E-state index in [-0.39, 0.29) is 5.41 Å². The Kier molecular flexibility index (Phi) is 4.68. The van der Waals surface area contributed by atoms with Crippen molar-refractivity contribution >= 4 is 16.7 Å². The lowest BCUT2D eigenvalue weighted by atomic mass is 9.93. The standard InChI is InChI=1S/C17H24N2O2/c1-17(2,3)7-8-21-11-13-9-12-5-6-14(20-4)10-15(12)19-16(13)18/h5-6,9-10H,7-8,11H2,1-4H3,(H2,18,19). The van der Waals surface area contributed by atoms with Gasteiger partial charge in [-0.3, -0.25) is 0 Å². The third kappa shape index (κ3) is 4.33. The number of nitrogens with two attached hydrogens (primary N) is 1. The maximum absolute atomic E-state index is 6.01. The Morgan fingerprint density at radius 2 is 1.95 bits per heavy atom. The van der Waals surface area contributed by atoms with Crippen molar-refractivity contribution in [2.75, 3.05) is 19.5 Å². The van der Waals surface area contributed by atoms with Crippen molar-refractivity contribution in [1.29, 1.82) is 0 Å². The summed E-state index contributed by atoms with van der Waals surface area (Å²) in [6, 6.07) is 7.83. The van der Waals surface area contributed by atoms with Gasteiger partial charge in [-0.05, 0) is 30.0 Å². The summed E-state index contributed by atoms with van der Waals surface area (Å²) in [5.74, 6) is 1.30. The molecule has 0 aliphatic heterocycles. The molecule has 0 aliphatic rings. The summed E-state index contributed by atoms with van der Waals surface area (Å²) in [6.45, 7) is 7.83. The van der Waals surface area contributed by atoms with E-state index in [0.717, 1.165) is 35.2 Å². The van der Waals surface area contributed by atoms with Crippen LogP contribution in [0.4, 0.5) is 5.82 Å². The van der Waals surface area contributed by atoms with E-state index in [4.69, 9.17) is 15.2 Å². The molecule has 1 aromatic heterocycles. The van der Waals surface area contributed by atoms with Crippen LogP contribution in [0, 0.1) is 5.41 Å². The number of nitrogen functional groups attached to an aromatic ring is 1. The van der Waals surface area contributed by atoms with Gasteiger partial charge in [0.25, 0.3) is 0 Å². The first-order chi connectivity index (χ1) is 9.89. The van der Waals surface area contributed by atoms with Gasteiger partial charge in [0.05, 0.1) is 19.2 Å². The van der Waals surface area contributed by atoms with Gasteiger partial charge in [-0.2, -0.15) is 0 Å². The van der Waals surface area contributed by atoms with Crippen molar-refractivity contribution in [2.45, 2.75) is 33.8 Å². The first kappa shape index (κ1) is 15.6. The molecule has 4 heteroatoms. The Morgan fingerprint density at radius 3 is 2.62 bits per heavy atom. The van der Waals surface area contributed by atoms with Crippen LogP contribution >= 0.6 is 0 Å². The summed E-state index contributed by atoms with van der Waals surface area (Å²) in [4.78, 5) is 4.43. The zero-order chi connectivity index (χ0) is 15.5. The van der Waals surface area contributed by atoms with E-state index in [1.54, 1.807) is 7.11 Å². The molecule has 0 bridgehead atoms. The molecule has 2 rings (SSSR count). The van der Waals surface area contributed by atoms with Crippen molar-refractivity contribution in [2.24, 2.45) is 5.41 Å². The fourth-order valence-corrected chi connectivity index (χ4v) is 2.01. The molecule has 1 heterocycles. The minimum atomic E-state index is 0.281. The zero-order valence-corrected chi connectivity index (χ0v) is 13.3. The molecule has 2 N–H and O–H groups in total. The fraction of sp³-hybridized carbons (Fsp3) is 0.471. The molecule has 0 amide bonds. The highest BCUT2D eigenvalue weighted by Gasteiger charge is 2.10. The van der Waals surface area contributed by atoms with Gasteiger partial charge in [0, 0.05) is 23.6 Å². The predicted molar refractivity (Wildman–Crippen MR) is 86.4 cm³/mol. The summed E-state index contributed by atoms with van der Waals surface area (Å²) in [5, 5.41) is 1.04. The minimum Gasteiger partial charge on any atom is -0.497 e. The van der Waals surface area contributed by atoms with Crippen molar-refractivity contribution in [3.63, 3.8) is 0 Å². The van der Waals surface area contributed by atoms with Crippen LogP contribution in [0.3, 0.4) is 0 Å². The summed E-state index contributed by atoms with van der Waals surface area (Å²) in [5.41, 5.74) is 8.07. The highest BCUT2D eigenvalue weighted by Crippen LogP contribution is 2.24. The molecule has 1 aromatic carbocycles. The third-order valence-electron chi connectivity index (χ3n) is 3.39. The molecule has 4 nitrogen and oxygen atoms in total. The second-order valence-corrected chi connectivity index (χ2v) is 6.45. The molecule has 0 unspecified atom stereocenters. The first-order valence-corrected chi connectivity index (χ1v) is 7.20. The number of benzene rings is 1. The van der Waals surface area contributed by atoms with E-state index in [9.17, 15) is 0 Å². The Hall–Kier alpha value is -1.81. The van der Waals surface area contributed by atoms with Crippen LogP contribution in [-0.2, 0) is 11.3 Å². The van der Waals surface area contributed by atoms with Crippen LogP contribution in [0.5, 0.6) is 5.75 Å². The van der Waals surface area contributed by atoms with E-state index in [0.29, 0.717) is 12.4 Å². The van der Waals surface area contributed by atoms with E-state index in [1.807, 2.05) is 24.3 Å². The van der Waals surface area contributed by atoms with E-state index in [1.165, 1.54) is 0 Å². The van der Waals surface area contributed by atoms with Crippen molar-refractivity contribution < 1.29 is 9.47 Å². The zero-order valence-electron chi connectivity index (χ0n) is 13.3. The smallest absolute Gasteiger partial charge is 0.129 e. The molecular formula is C17H24N2O2. The molecule has 114 valence electrons. The average Bonchev–Trinajstić information content (AvgIpc) is 2.42. The van der Waals surface area contributed by atoms with E-state index < -0.39 is 0 Å². The van der Waals surface area contributed by atoms with Gasteiger partial charge in [-0.25, -0.2) is 4.98 Å². The van der Waals surface area contributed by atoms with Crippen LogP contribution < -0.4 is 10.5 Å². The number of methoxy groups -OCH3 is 1. The quantitative estimate of drug-likeness (QED) is 0.851. The summed E-state index contributed by atoms with van der Waals surface area (Å²) < 4.78 is 10.9. The molecule has 0 saturated heterocycles. The number of fused-ring (bicyclic) bond motifs is 1. The fourth-order valence-electron chi connectivity index (χ4n) is 2.01. The van der Waals surface area contributed by atoms with Gasteiger partial charge in [-0.15, -0.1) is 0 Å². The van der Waals surface area contributed by atoms with Gasteiger partial charge >= 0.3 is 0 Å². The Balaban J connectivity index is 2.08. The largest absolute Gasteiger partial charge is 0.497 e. The van der Waals surface area contributed by atoms with Gasteiger partial charge in [0.1, 0.15) is 11.6 Å². The molecule has 0 saturated carbocycles.